The molecule has 0 aromatic carbocycles. The third-order valence-corrected chi connectivity index (χ3v) is 1.31. The fourth-order valence-electron chi connectivity index (χ4n) is 0.833. The SMILES string of the molecule is O=c1[c]cnc2cccnn12. The summed E-state index contributed by atoms with van der Waals surface area (Å²) in [5.74, 6) is 0. The third kappa shape index (κ3) is 0.881. The molecule has 4 heteroatoms. The summed E-state index contributed by atoms with van der Waals surface area (Å²) < 4.78 is 1.19. The van der Waals surface area contributed by atoms with E-state index in [0.29, 0.717) is 5.65 Å². The lowest BCUT2D eigenvalue weighted by Crippen LogP contribution is -2.15. The predicted octanol–water partition coefficient (Wildman–Crippen LogP) is -0.110. The van der Waals surface area contributed by atoms with Gasteiger partial charge in [0.2, 0.25) is 0 Å². The zero-order chi connectivity index (χ0) is 7.68. The second-order valence-corrected chi connectivity index (χ2v) is 2.00. The average Bonchev–Trinajstić information content (AvgIpc) is 2.06. The van der Waals surface area contributed by atoms with Gasteiger partial charge in [0, 0.05) is 12.4 Å². The Morgan fingerprint density at radius 1 is 1.55 bits per heavy atom. The Bertz CT molecular complexity index is 429. The average molecular weight is 146 g/mol. The van der Waals surface area contributed by atoms with Gasteiger partial charge in [-0.05, 0) is 12.1 Å². The molecule has 2 aromatic heterocycles. The van der Waals surface area contributed by atoms with Crippen LogP contribution in [0.1, 0.15) is 0 Å². The Morgan fingerprint density at radius 3 is 3.27 bits per heavy atom. The summed E-state index contributed by atoms with van der Waals surface area (Å²) in [7, 11) is 0. The van der Waals surface area contributed by atoms with Gasteiger partial charge in [-0.2, -0.15) is 9.61 Å². The molecule has 0 atom stereocenters. The van der Waals surface area contributed by atoms with Crippen LogP contribution in [0.4, 0.5) is 0 Å². The quantitative estimate of drug-likeness (QED) is 0.521. The van der Waals surface area contributed by atoms with Crippen LogP contribution < -0.4 is 5.56 Å². The van der Waals surface area contributed by atoms with E-state index < -0.39 is 0 Å². The lowest BCUT2D eigenvalue weighted by atomic mass is 10.5. The number of hydrogen-bond donors (Lipinski definition) is 0. The van der Waals surface area contributed by atoms with E-state index >= 15 is 0 Å². The van der Waals surface area contributed by atoms with E-state index in [1.807, 2.05) is 0 Å². The summed E-state index contributed by atoms with van der Waals surface area (Å²) in [5.41, 5.74) is 0.256. The standard InChI is InChI=1S/C7H4N3O/c11-7-3-5-8-6-2-1-4-9-10(6)7/h1-2,4-5H. The van der Waals surface area contributed by atoms with Gasteiger partial charge < -0.3 is 0 Å². The van der Waals surface area contributed by atoms with Crippen LogP contribution in [0.5, 0.6) is 0 Å². The van der Waals surface area contributed by atoms with Gasteiger partial charge >= 0.3 is 0 Å². The number of nitrogens with zero attached hydrogens (tertiary/aromatic N) is 3. The molecule has 0 aliphatic heterocycles. The minimum absolute atomic E-state index is 0.282. The highest BCUT2D eigenvalue weighted by molar-refractivity contribution is 5.33. The second kappa shape index (κ2) is 2.16. The van der Waals surface area contributed by atoms with Gasteiger partial charge in [0.05, 0.1) is 6.07 Å². The molecule has 0 amide bonds. The van der Waals surface area contributed by atoms with Crippen LogP contribution in [-0.2, 0) is 0 Å². The maximum absolute atomic E-state index is 11.0. The molecule has 11 heavy (non-hydrogen) atoms. The summed E-state index contributed by atoms with van der Waals surface area (Å²) >= 11 is 0. The van der Waals surface area contributed by atoms with Crippen molar-refractivity contribution in [2.24, 2.45) is 0 Å². The molecule has 2 rings (SSSR count). The lowest BCUT2D eigenvalue weighted by molar-refractivity contribution is 0.864. The molecule has 2 aromatic rings. The molecule has 0 saturated carbocycles. The third-order valence-electron chi connectivity index (χ3n) is 1.31. The number of rotatable bonds is 0. The molecule has 53 valence electrons. The fourth-order valence-corrected chi connectivity index (χ4v) is 0.833. The van der Waals surface area contributed by atoms with Crippen molar-refractivity contribution in [3.63, 3.8) is 0 Å². The lowest BCUT2D eigenvalue weighted by Gasteiger charge is -1.93. The Balaban J connectivity index is 3.03. The van der Waals surface area contributed by atoms with Gasteiger partial charge in [-0.3, -0.25) is 4.79 Å². The van der Waals surface area contributed by atoms with E-state index in [1.165, 1.54) is 16.9 Å². The van der Waals surface area contributed by atoms with Gasteiger partial charge in [-0.15, -0.1) is 0 Å². The first-order chi connectivity index (χ1) is 5.38. The summed E-state index contributed by atoms with van der Waals surface area (Å²) in [6.45, 7) is 0. The molecule has 0 fully saturated rings. The molecule has 4 nitrogen and oxygen atoms in total. The highest BCUT2D eigenvalue weighted by Crippen LogP contribution is 1.88. The normalized spacial score (nSPS) is 10.2. The van der Waals surface area contributed by atoms with Crippen molar-refractivity contribution in [3.05, 3.63) is 40.9 Å². The first kappa shape index (κ1) is 6.03. The molecule has 0 saturated heterocycles. The molecule has 0 unspecified atom stereocenters. The second-order valence-electron chi connectivity index (χ2n) is 2.00. The summed E-state index contributed by atoms with van der Waals surface area (Å²) in [6, 6.07) is 5.84. The van der Waals surface area contributed by atoms with Crippen molar-refractivity contribution in [2.45, 2.75) is 0 Å². The molecule has 0 aliphatic carbocycles. The maximum Gasteiger partial charge on any atom is 0.282 e. The summed E-state index contributed by atoms with van der Waals surface area (Å²) in [6.07, 6.45) is 2.88. The molecular formula is C7H4N3O. The Morgan fingerprint density at radius 2 is 2.45 bits per heavy atom. The zero-order valence-corrected chi connectivity index (χ0v) is 5.56. The van der Waals surface area contributed by atoms with Gasteiger partial charge in [0.25, 0.3) is 5.56 Å². The highest BCUT2D eigenvalue weighted by atomic mass is 16.1. The smallest absolute Gasteiger partial charge is 0.267 e. The van der Waals surface area contributed by atoms with E-state index in [2.05, 4.69) is 16.1 Å². The highest BCUT2D eigenvalue weighted by Gasteiger charge is 1.92. The van der Waals surface area contributed by atoms with E-state index in [0.717, 1.165) is 0 Å². The van der Waals surface area contributed by atoms with Gasteiger partial charge in [-0.25, -0.2) is 4.98 Å². The minimum atomic E-state index is -0.282. The largest absolute Gasteiger partial charge is 0.282 e. The van der Waals surface area contributed by atoms with Crippen molar-refractivity contribution in [1.29, 1.82) is 0 Å². The van der Waals surface area contributed by atoms with E-state index in [9.17, 15) is 4.79 Å². The van der Waals surface area contributed by atoms with Crippen molar-refractivity contribution >= 4 is 5.65 Å². The van der Waals surface area contributed by atoms with Crippen LogP contribution in [0.15, 0.2) is 29.3 Å². The topological polar surface area (TPSA) is 47.3 Å². The summed E-state index contributed by atoms with van der Waals surface area (Å²) in [5, 5.41) is 3.79. The van der Waals surface area contributed by atoms with Crippen molar-refractivity contribution in [3.8, 4) is 0 Å². The van der Waals surface area contributed by atoms with Gasteiger partial charge in [0.15, 0.2) is 5.65 Å². The van der Waals surface area contributed by atoms with Crippen LogP contribution in [0.25, 0.3) is 5.65 Å². The zero-order valence-electron chi connectivity index (χ0n) is 5.56. The number of fused-ring (bicyclic) bond motifs is 1. The number of hydrogen-bond acceptors (Lipinski definition) is 3. The maximum atomic E-state index is 11.0. The first-order valence-electron chi connectivity index (χ1n) is 3.09. The van der Waals surface area contributed by atoms with Gasteiger partial charge in [-0.1, -0.05) is 0 Å². The van der Waals surface area contributed by atoms with E-state index in [4.69, 9.17) is 0 Å². The molecule has 2 heterocycles. The van der Waals surface area contributed by atoms with Gasteiger partial charge in [0.1, 0.15) is 0 Å². The van der Waals surface area contributed by atoms with Crippen molar-refractivity contribution in [2.75, 3.05) is 0 Å². The van der Waals surface area contributed by atoms with E-state index in [-0.39, 0.29) is 5.56 Å². The van der Waals surface area contributed by atoms with E-state index in [1.54, 1.807) is 12.1 Å². The number of aromatic nitrogens is 3. The predicted molar refractivity (Wildman–Crippen MR) is 38.1 cm³/mol. The molecule has 0 N–H and O–H groups in total. The van der Waals surface area contributed by atoms with Crippen LogP contribution in [0.3, 0.4) is 0 Å². The molecular weight excluding hydrogens is 142 g/mol. The Labute approximate surface area is 62.1 Å². The first-order valence-corrected chi connectivity index (χ1v) is 3.09. The van der Waals surface area contributed by atoms with Crippen molar-refractivity contribution in [1.82, 2.24) is 14.6 Å². The van der Waals surface area contributed by atoms with Crippen LogP contribution >= 0.6 is 0 Å². The Kier molecular flexibility index (Phi) is 1.18. The minimum Gasteiger partial charge on any atom is -0.267 e. The summed E-state index contributed by atoms with van der Waals surface area (Å²) in [4.78, 5) is 14.9. The molecule has 1 radical (unpaired) electrons. The monoisotopic (exact) mass is 146 g/mol. The van der Waals surface area contributed by atoms with Crippen LogP contribution in [0, 0.1) is 6.07 Å². The van der Waals surface area contributed by atoms with Crippen LogP contribution in [-0.4, -0.2) is 14.6 Å². The Hall–Kier alpha value is -1.71. The van der Waals surface area contributed by atoms with Crippen molar-refractivity contribution < 1.29 is 0 Å². The molecule has 0 bridgehead atoms. The molecule has 0 aliphatic rings. The fraction of sp³-hybridized carbons (Fsp3) is 0. The molecule has 0 spiro atoms. The van der Waals surface area contributed by atoms with Crippen LogP contribution in [0.2, 0.25) is 0 Å².